The Morgan fingerprint density at radius 2 is 2.37 bits per heavy atom. The maximum absolute atomic E-state index is 11.6. The van der Waals surface area contributed by atoms with Crippen molar-refractivity contribution in [2.24, 2.45) is 5.92 Å². The van der Waals surface area contributed by atoms with E-state index in [0.29, 0.717) is 37.0 Å². The molecule has 0 bridgehead atoms. The third-order valence-electron chi connectivity index (χ3n) is 2.52. The van der Waals surface area contributed by atoms with Gasteiger partial charge in [0.1, 0.15) is 0 Å². The van der Waals surface area contributed by atoms with E-state index < -0.39 is 0 Å². The van der Waals surface area contributed by atoms with Gasteiger partial charge in [-0.2, -0.15) is 16.3 Å². The molecule has 2 rings (SSSR count). The molecule has 1 amide bonds. The summed E-state index contributed by atoms with van der Waals surface area (Å²) in [6.45, 7) is 4.82. The largest absolute Gasteiger partial charge is 0.356 e. The second-order valence-corrected chi connectivity index (χ2v) is 5.50. The zero-order valence-corrected chi connectivity index (χ0v) is 11.9. The highest BCUT2D eigenvalue weighted by atomic mass is 32.1. The van der Waals surface area contributed by atoms with Crippen LogP contribution < -0.4 is 5.32 Å². The Bertz CT molecular complexity index is 520. The summed E-state index contributed by atoms with van der Waals surface area (Å²) < 4.78 is 5.13. The molecule has 1 N–H and O–H groups in total. The molecule has 0 aliphatic carbocycles. The van der Waals surface area contributed by atoms with Crippen molar-refractivity contribution in [1.82, 2.24) is 15.5 Å². The van der Waals surface area contributed by atoms with Crippen molar-refractivity contribution in [3.05, 3.63) is 22.7 Å². The molecule has 0 saturated heterocycles. The lowest BCUT2D eigenvalue weighted by Gasteiger charge is -2.06. The first kappa shape index (κ1) is 13.7. The topological polar surface area (TPSA) is 68.0 Å². The number of nitrogens with one attached hydrogen (secondary N) is 1. The van der Waals surface area contributed by atoms with Crippen LogP contribution in [0.3, 0.4) is 0 Å². The van der Waals surface area contributed by atoms with E-state index in [0.717, 1.165) is 5.56 Å². The van der Waals surface area contributed by atoms with Crippen LogP contribution in [-0.4, -0.2) is 22.6 Å². The Morgan fingerprint density at radius 3 is 3.05 bits per heavy atom. The zero-order valence-electron chi connectivity index (χ0n) is 11.0. The fraction of sp³-hybridized carbons (Fsp3) is 0.462. The third-order valence-corrected chi connectivity index (χ3v) is 3.20. The number of amides is 1. The molecule has 6 heteroatoms. The minimum Gasteiger partial charge on any atom is -0.356 e. The highest BCUT2D eigenvalue weighted by Gasteiger charge is 2.10. The van der Waals surface area contributed by atoms with E-state index >= 15 is 0 Å². The van der Waals surface area contributed by atoms with E-state index in [1.165, 1.54) is 0 Å². The number of carbonyl (C=O) groups is 1. The molecule has 5 nitrogen and oxygen atoms in total. The highest BCUT2D eigenvalue weighted by molar-refractivity contribution is 7.08. The van der Waals surface area contributed by atoms with Gasteiger partial charge in [0.05, 0.1) is 0 Å². The summed E-state index contributed by atoms with van der Waals surface area (Å²) in [5.74, 6) is 1.56. The molecule has 2 heterocycles. The molecule has 0 fully saturated rings. The Labute approximate surface area is 116 Å². The molecule has 0 aliphatic heterocycles. The van der Waals surface area contributed by atoms with Gasteiger partial charge < -0.3 is 9.84 Å². The fourth-order valence-electron chi connectivity index (χ4n) is 1.49. The van der Waals surface area contributed by atoms with Gasteiger partial charge in [-0.25, -0.2) is 0 Å². The van der Waals surface area contributed by atoms with Crippen molar-refractivity contribution in [3.63, 3.8) is 0 Å². The minimum atomic E-state index is 0.0176. The lowest BCUT2D eigenvalue weighted by molar-refractivity contribution is -0.121. The quantitative estimate of drug-likeness (QED) is 0.882. The summed E-state index contributed by atoms with van der Waals surface area (Å²) in [4.78, 5) is 15.8. The first-order valence-corrected chi connectivity index (χ1v) is 7.21. The Hall–Kier alpha value is -1.69. The predicted molar refractivity (Wildman–Crippen MR) is 73.8 cm³/mol. The second-order valence-electron chi connectivity index (χ2n) is 4.72. The SMILES string of the molecule is CC(C)CNC(=O)CCc1nc(-c2ccsc2)no1. The molecule has 0 saturated carbocycles. The number of hydrogen-bond donors (Lipinski definition) is 1. The van der Waals surface area contributed by atoms with Crippen LogP contribution in [0.5, 0.6) is 0 Å². The molecule has 0 aliphatic rings. The van der Waals surface area contributed by atoms with Crippen LogP contribution in [0.4, 0.5) is 0 Å². The van der Waals surface area contributed by atoms with Crippen LogP contribution in [-0.2, 0) is 11.2 Å². The number of hydrogen-bond acceptors (Lipinski definition) is 5. The molecule has 2 aromatic rings. The van der Waals surface area contributed by atoms with Gasteiger partial charge in [0.15, 0.2) is 0 Å². The molecular formula is C13H17N3O2S. The van der Waals surface area contributed by atoms with Crippen LogP contribution in [0.25, 0.3) is 11.4 Å². The van der Waals surface area contributed by atoms with Crippen LogP contribution >= 0.6 is 11.3 Å². The lowest BCUT2D eigenvalue weighted by Crippen LogP contribution is -2.27. The van der Waals surface area contributed by atoms with Crippen molar-refractivity contribution in [1.29, 1.82) is 0 Å². The molecule has 0 spiro atoms. The van der Waals surface area contributed by atoms with Gasteiger partial charge in [0, 0.05) is 30.3 Å². The van der Waals surface area contributed by atoms with Gasteiger partial charge in [-0.1, -0.05) is 19.0 Å². The van der Waals surface area contributed by atoms with Crippen molar-refractivity contribution < 1.29 is 9.32 Å². The molecule has 0 radical (unpaired) electrons. The van der Waals surface area contributed by atoms with Crippen molar-refractivity contribution >= 4 is 17.2 Å². The molecule has 0 atom stereocenters. The summed E-state index contributed by atoms with van der Waals surface area (Å²) in [6, 6.07) is 1.94. The smallest absolute Gasteiger partial charge is 0.227 e. The summed E-state index contributed by atoms with van der Waals surface area (Å²) in [7, 11) is 0. The van der Waals surface area contributed by atoms with Gasteiger partial charge in [0.2, 0.25) is 17.6 Å². The fourth-order valence-corrected chi connectivity index (χ4v) is 2.13. The number of rotatable bonds is 6. The normalized spacial score (nSPS) is 10.9. The maximum atomic E-state index is 11.6. The van der Waals surface area contributed by atoms with Crippen LogP contribution in [0, 0.1) is 5.92 Å². The van der Waals surface area contributed by atoms with E-state index in [-0.39, 0.29) is 5.91 Å². The number of nitrogens with zero attached hydrogens (tertiary/aromatic N) is 2. The predicted octanol–water partition coefficient (Wildman–Crippen LogP) is 2.50. The molecular weight excluding hydrogens is 262 g/mol. The lowest BCUT2D eigenvalue weighted by atomic mass is 10.2. The molecule has 2 aromatic heterocycles. The monoisotopic (exact) mass is 279 g/mol. The van der Waals surface area contributed by atoms with Crippen LogP contribution in [0.15, 0.2) is 21.3 Å². The second kappa shape index (κ2) is 6.47. The first-order chi connectivity index (χ1) is 9.15. The average Bonchev–Trinajstić information content (AvgIpc) is 3.03. The molecule has 0 aromatic carbocycles. The molecule has 19 heavy (non-hydrogen) atoms. The van der Waals surface area contributed by atoms with E-state index in [1.807, 2.05) is 16.8 Å². The van der Waals surface area contributed by atoms with Gasteiger partial charge >= 0.3 is 0 Å². The van der Waals surface area contributed by atoms with Gasteiger partial charge in [-0.05, 0) is 17.4 Å². The Morgan fingerprint density at radius 1 is 1.53 bits per heavy atom. The zero-order chi connectivity index (χ0) is 13.7. The van der Waals surface area contributed by atoms with Crippen LogP contribution in [0.2, 0.25) is 0 Å². The number of carbonyl (C=O) groups excluding carboxylic acids is 1. The van der Waals surface area contributed by atoms with E-state index in [1.54, 1.807) is 11.3 Å². The van der Waals surface area contributed by atoms with E-state index in [2.05, 4.69) is 29.3 Å². The first-order valence-electron chi connectivity index (χ1n) is 6.27. The van der Waals surface area contributed by atoms with Crippen molar-refractivity contribution in [2.75, 3.05) is 6.54 Å². The van der Waals surface area contributed by atoms with Crippen LogP contribution in [0.1, 0.15) is 26.2 Å². The summed E-state index contributed by atoms with van der Waals surface area (Å²) in [6.07, 6.45) is 0.846. The van der Waals surface area contributed by atoms with Crippen molar-refractivity contribution in [2.45, 2.75) is 26.7 Å². The number of aryl methyl sites for hydroxylation is 1. The van der Waals surface area contributed by atoms with Gasteiger partial charge in [0.25, 0.3) is 0 Å². The van der Waals surface area contributed by atoms with Crippen molar-refractivity contribution in [3.8, 4) is 11.4 Å². The standard InChI is InChI=1S/C13H17N3O2S/c1-9(2)7-14-11(17)3-4-12-15-13(16-18-12)10-5-6-19-8-10/h5-6,8-9H,3-4,7H2,1-2H3,(H,14,17). The number of thiophene rings is 1. The van der Waals surface area contributed by atoms with Gasteiger partial charge in [-0.15, -0.1) is 0 Å². The van der Waals surface area contributed by atoms with E-state index in [4.69, 9.17) is 4.52 Å². The van der Waals surface area contributed by atoms with Gasteiger partial charge in [-0.3, -0.25) is 4.79 Å². The average molecular weight is 279 g/mol. The van der Waals surface area contributed by atoms with E-state index in [9.17, 15) is 4.79 Å². The summed E-state index contributed by atoms with van der Waals surface area (Å²) in [5, 5.41) is 10.7. The Kier molecular flexibility index (Phi) is 4.68. The molecule has 102 valence electrons. The number of aromatic nitrogens is 2. The molecule has 0 unspecified atom stereocenters. The third kappa shape index (κ3) is 4.17. The maximum Gasteiger partial charge on any atom is 0.227 e. The minimum absolute atomic E-state index is 0.0176. The summed E-state index contributed by atoms with van der Waals surface area (Å²) >= 11 is 1.59. The highest BCUT2D eigenvalue weighted by Crippen LogP contribution is 2.18. The summed E-state index contributed by atoms with van der Waals surface area (Å²) in [5.41, 5.74) is 0.948. The Balaban J connectivity index is 1.82.